The highest BCUT2D eigenvalue weighted by Gasteiger charge is 2.12. The third kappa shape index (κ3) is 3.09. The minimum Gasteiger partial charge on any atom is -0.411 e. The topological polar surface area (TPSA) is 87.3 Å². The van der Waals surface area contributed by atoms with E-state index in [4.69, 9.17) is 4.84 Å². The molecule has 0 aliphatic carbocycles. The van der Waals surface area contributed by atoms with E-state index < -0.39 is 4.92 Å². The van der Waals surface area contributed by atoms with Crippen molar-refractivity contribution in [3.63, 3.8) is 0 Å². The highest BCUT2D eigenvalue weighted by atomic mass is 32.2. The maximum Gasteiger partial charge on any atom is 0.295 e. The predicted molar refractivity (Wildman–Crippen MR) is 91.2 cm³/mol. The SMILES string of the molecule is COn1c(SCc2ccc([N+](=O)[O-])cc2)nc2ccccc2c1=O. The van der Waals surface area contributed by atoms with E-state index >= 15 is 0 Å². The van der Waals surface area contributed by atoms with Crippen LogP contribution in [0.1, 0.15) is 5.56 Å². The second-order valence-electron chi connectivity index (χ2n) is 4.91. The molecule has 0 saturated carbocycles. The molecular weight excluding hydrogens is 330 g/mol. The van der Waals surface area contributed by atoms with E-state index in [1.165, 1.54) is 31.0 Å². The van der Waals surface area contributed by atoms with Gasteiger partial charge in [0.05, 0.1) is 15.8 Å². The molecule has 122 valence electrons. The smallest absolute Gasteiger partial charge is 0.295 e. The van der Waals surface area contributed by atoms with Crippen LogP contribution in [0, 0.1) is 10.1 Å². The molecule has 0 atom stereocenters. The van der Waals surface area contributed by atoms with Crippen LogP contribution < -0.4 is 10.4 Å². The predicted octanol–water partition coefficient (Wildman–Crippen LogP) is 2.66. The summed E-state index contributed by atoms with van der Waals surface area (Å²) in [4.78, 5) is 32.3. The van der Waals surface area contributed by atoms with Crippen molar-refractivity contribution in [2.45, 2.75) is 10.9 Å². The Labute approximate surface area is 141 Å². The number of non-ortho nitro benzene ring substituents is 1. The largest absolute Gasteiger partial charge is 0.411 e. The fourth-order valence-corrected chi connectivity index (χ4v) is 3.14. The van der Waals surface area contributed by atoms with Gasteiger partial charge in [0.25, 0.3) is 11.2 Å². The fraction of sp³-hybridized carbons (Fsp3) is 0.125. The molecule has 0 bridgehead atoms. The fourth-order valence-electron chi connectivity index (χ4n) is 2.21. The second-order valence-corrected chi connectivity index (χ2v) is 5.85. The monoisotopic (exact) mass is 343 g/mol. The quantitative estimate of drug-likeness (QED) is 0.306. The molecule has 0 unspecified atom stereocenters. The summed E-state index contributed by atoms with van der Waals surface area (Å²) < 4.78 is 1.15. The van der Waals surface area contributed by atoms with E-state index in [1.807, 2.05) is 6.07 Å². The van der Waals surface area contributed by atoms with Gasteiger partial charge in [-0.3, -0.25) is 14.9 Å². The van der Waals surface area contributed by atoms with Crippen LogP contribution in [-0.4, -0.2) is 21.7 Å². The Hall–Kier alpha value is -2.87. The lowest BCUT2D eigenvalue weighted by Crippen LogP contribution is -2.27. The molecule has 24 heavy (non-hydrogen) atoms. The number of nitro benzene ring substituents is 1. The van der Waals surface area contributed by atoms with E-state index in [0.717, 1.165) is 10.3 Å². The molecular formula is C16H13N3O4S. The highest BCUT2D eigenvalue weighted by molar-refractivity contribution is 7.98. The molecule has 2 aromatic carbocycles. The molecule has 0 spiro atoms. The Balaban J connectivity index is 1.89. The van der Waals surface area contributed by atoms with Gasteiger partial charge in [0.1, 0.15) is 7.11 Å². The zero-order valence-electron chi connectivity index (χ0n) is 12.7. The van der Waals surface area contributed by atoms with Gasteiger partial charge in [0.2, 0.25) is 5.16 Å². The normalized spacial score (nSPS) is 10.7. The second kappa shape index (κ2) is 6.71. The van der Waals surface area contributed by atoms with Crippen LogP contribution in [0.4, 0.5) is 5.69 Å². The van der Waals surface area contributed by atoms with Crippen LogP contribution in [0.25, 0.3) is 10.9 Å². The van der Waals surface area contributed by atoms with Crippen LogP contribution in [0.3, 0.4) is 0 Å². The Bertz CT molecular complexity index is 954. The first kappa shape index (κ1) is 16.0. The van der Waals surface area contributed by atoms with Crippen molar-refractivity contribution in [3.8, 4) is 0 Å². The van der Waals surface area contributed by atoms with E-state index in [2.05, 4.69) is 4.98 Å². The van der Waals surface area contributed by atoms with Crippen LogP contribution >= 0.6 is 11.8 Å². The first-order chi connectivity index (χ1) is 11.6. The number of fused-ring (bicyclic) bond motifs is 1. The number of rotatable bonds is 5. The number of hydrogen-bond acceptors (Lipinski definition) is 6. The molecule has 3 aromatic rings. The lowest BCUT2D eigenvalue weighted by Gasteiger charge is -2.10. The standard InChI is InChI=1S/C16H13N3O4S/c1-23-18-15(20)13-4-2-3-5-14(13)17-16(18)24-10-11-6-8-12(9-7-11)19(21)22/h2-9H,10H2,1H3. The number of hydrogen-bond donors (Lipinski definition) is 0. The Morgan fingerprint density at radius 2 is 1.92 bits per heavy atom. The van der Waals surface area contributed by atoms with Crippen molar-refractivity contribution in [1.29, 1.82) is 0 Å². The van der Waals surface area contributed by atoms with Crippen LogP contribution in [0.15, 0.2) is 58.5 Å². The zero-order valence-corrected chi connectivity index (χ0v) is 13.5. The van der Waals surface area contributed by atoms with Gasteiger partial charge >= 0.3 is 0 Å². The summed E-state index contributed by atoms with van der Waals surface area (Å²) in [6, 6.07) is 13.3. The van der Waals surface area contributed by atoms with Crippen molar-refractivity contribution in [2.75, 3.05) is 7.11 Å². The van der Waals surface area contributed by atoms with Crippen LogP contribution in [-0.2, 0) is 5.75 Å². The summed E-state index contributed by atoms with van der Waals surface area (Å²) in [5.41, 5.74) is 1.26. The maximum atomic E-state index is 12.4. The van der Waals surface area contributed by atoms with E-state index in [9.17, 15) is 14.9 Å². The molecule has 1 aromatic heterocycles. The number of nitrogens with zero attached hydrogens (tertiary/aromatic N) is 3. The van der Waals surface area contributed by atoms with E-state index in [-0.39, 0.29) is 11.2 Å². The van der Waals surface area contributed by atoms with E-state index in [1.54, 1.807) is 30.3 Å². The van der Waals surface area contributed by atoms with Gasteiger partial charge in [-0.25, -0.2) is 4.98 Å². The van der Waals surface area contributed by atoms with Gasteiger partial charge < -0.3 is 4.84 Å². The molecule has 0 radical (unpaired) electrons. The molecule has 1 heterocycles. The minimum absolute atomic E-state index is 0.0429. The molecule has 0 amide bonds. The first-order valence-electron chi connectivity index (χ1n) is 7.02. The van der Waals surface area contributed by atoms with Crippen molar-refractivity contribution in [2.24, 2.45) is 0 Å². The number of thioether (sulfide) groups is 1. The summed E-state index contributed by atoms with van der Waals surface area (Å²) in [5, 5.41) is 11.6. The summed E-state index contributed by atoms with van der Waals surface area (Å²) in [6.07, 6.45) is 0. The number of benzene rings is 2. The molecule has 0 aliphatic rings. The molecule has 0 saturated heterocycles. The van der Waals surface area contributed by atoms with Gasteiger partial charge in [0.15, 0.2) is 0 Å². The van der Waals surface area contributed by atoms with Crippen molar-refractivity contribution >= 4 is 28.4 Å². The zero-order chi connectivity index (χ0) is 17.1. The average Bonchev–Trinajstić information content (AvgIpc) is 2.60. The van der Waals surface area contributed by atoms with Crippen LogP contribution in [0.2, 0.25) is 0 Å². The van der Waals surface area contributed by atoms with Gasteiger partial charge in [-0.1, -0.05) is 36.0 Å². The van der Waals surface area contributed by atoms with Crippen LogP contribution in [0.5, 0.6) is 0 Å². The summed E-state index contributed by atoms with van der Waals surface area (Å²) in [6.45, 7) is 0. The molecule has 0 aliphatic heterocycles. The van der Waals surface area contributed by atoms with Gasteiger partial charge in [-0.2, -0.15) is 0 Å². The number of aromatic nitrogens is 2. The van der Waals surface area contributed by atoms with E-state index in [0.29, 0.717) is 21.8 Å². The summed E-state index contributed by atoms with van der Waals surface area (Å²) >= 11 is 1.32. The Kier molecular flexibility index (Phi) is 4.48. The number of para-hydroxylation sites is 1. The van der Waals surface area contributed by atoms with Gasteiger partial charge in [-0.15, -0.1) is 4.73 Å². The molecule has 3 rings (SSSR count). The summed E-state index contributed by atoms with van der Waals surface area (Å²) in [5.74, 6) is 0.506. The number of nitro groups is 1. The molecule has 0 fully saturated rings. The highest BCUT2D eigenvalue weighted by Crippen LogP contribution is 2.22. The van der Waals surface area contributed by atoms with Crippen molar-refractivity contribution in [3.05, 3.63) is 74.6 Å². The van der Waals surface area contributed by atoms with Crippen molar-refractivity contribution in [1.82, 2.24) is 9.71 Å². The van der Waals surface area contributed by atoms with Gasteiger partial charge in [0, 0.05) is 17.9 Å². The third-order valence-corrected chi connectivity index (χ3v) is 4.40. The third-order valence-electron chi connectivity index (χ3n) is 3.41. The van der Waals surface area contributed by atoms with Crippen molar-refractivity contribution < 1.29 is 9.76 Å². The minimum atomic E-state index is -0.440. The lowest BCUT2D eigenvalue weighted by atomic mass is 10.2. The summed E-state index contributed by atoms with van der Waals surface area (Å²) in [7, 11) is 1.41. The lowest BCUT2D eigenvalue weighted by molar-refractivity contribution is -0.384. The maximum absolute atomic E-state index is 12.4. The Morgan fingerprint density at radius 1 is 1.21 bits per heavy atom. The van der Waals surface area contributed by atoms with Gasteiger partial charge in [-0.05, 0) is 17.7 Å². The first-order valence-corrected chi connectivity index (χ1v) is 8.01. The molecule has 7 nitrogen and oxygen atoms in total. The molecule has 0 N–H and O–H groups in total. The average molecular weight is 343 g/mol. The molecule has 8 heteroatoms. The Morgan fingerprint density at radius 3 is 2.58 bits per heavy atom.